The summed E-state index contributed by atoms with van der Waals surface area (Å²) >= 11 is 0. The smallest absolute Gasteiger partial charge is 0.0628 e. The van der Waals surface area contributed by atoms with Crippen molar-refractivity contribution in [2.45, 2.75) is 26.1 Å². The molecule has 8 bridgehead atoms. The number of hydrogen-bond donors (Lipinski definition) is 0. The molecule has 7 rings (SSSR count). The number of imidazole rings is 1. The van der Waals surface area contributed by atoms with Crippen LogP contribution in [0.1, 0.15) is 5.69 Å². The van der Waals surface area contributed by atoms with Crippen molar-refractivity contribution in [3.8, 4) is 11.5 Å². The zero-order valence-electron chi connectivity index (χ0n) is 20.2. The Balaban J connectivity index is 0.00000240. The van der Waals surface area contributed by atoms with Crippen molar-refractivity contribution < 1.29 is 25.8 Å². The van der Waals surface area contributed by atoms with Crippen LogP contribution in [0.3, 0.4) is 0 Å². The number of anilines is 1. The topological polar surface area (TPSA) is 45.9 Å². The summed E-state index contributed by atoms with van der Waals surface area (Å²) in [5, 5.41) is 2.98. The van der Waals surface area contributed by atoms with Crippen LogP contribution in [-0.2, 0) is 27.5 Å². The van der Waals surface area contributed by atoms with Crippen LogP contribution in [0.15, 0.2) is 61.1 Å². The standard InChI is InChI=1S/C28H24N5OSi.Pt/c1-35(2,3)28-25-16-23-26(30-28)22-9-4-5-10-24(22)33-17-19(29-27(23)33)11-12-31-13-14-32(18-31)20-7-6-8-21(15-20)34-25;/h4-10,13-14,17-18H,11-12H2,1-3H3;/q-3;. The second-order valence-corrected chi connectivity index (χ2v) is 15.1. The van der Waals surface area contributed by atoms with Crippen LogP contribution in [0, 0.1) is 18.8 Å². The molecule has 5 heterocycles. The van der Waals surface area contributed by atoms with Crippen LogP contribution >= 0.6 is 0 Å². The van der Waals surface area contributed by atoms with E-state index < -0.39 is 8.07 Å². The van der Waals surface area contributed by atoms with Gasteiger partial charge in [-0.05, 0) is 41.2 Å². The largest absolute Gasteiger partial charge is 0.508 e. The van der Waals surface area contributed by atoms with Gasteiger partial charge in [0, 0.05) is 50.6 Å². The molecular weight excluding hydrogens is 646 g/mol. The van der Waals surface area contributed by atoms with Crippen LogP contribution in [-0.4, -0.2) is 33.9 Å². The van der Waals surface area contributed by atoms with Gasteiger partial charge in [0.25, 0.3) is 0 Å². The summed E-state index contributed by atoms with van der Waals surface area (Å²) in [6.45, 7) is 9.78. The number of hydrogen-bond acceptors (Lipinski definition) is 5. The van der Waals surface area contributed by atoms with Gasteiger partial charge < -0.3 is 23.9 Å². The first kappa shape index (κ1) is 23.3. The van der Waals surface area contributed by atoms with E-state index in [-0.39, 0.29) is 21.1 Å². The summed E-state index contributed by atoms with van der Waals surface area (Å²) in [6.07, 6.45) is 7.10. The number of rotatable bonds is 1. The summed E-state index contributed by atoms with van der Waals surface area (Å²) in [7, 11) is -1.88. The van der Waals surface area contributed by atoms with Gasteiger partial charge in [0.05, 0.1) is 19.5 Å². The first-order valence-electron chi connectivity index (χ1n) is 11.9. The molecule has 0 radical (unpaired) electrons. The maximum absolute atomic E-state index is 6.50. The maximum Gasteiger partial charge on any atom is 0.0628 e. The minimum atomic E-state index is -1.88. The van der Waals surface area contributed by atoms with Crippen molar-refractivity contribution in [2.24, 2.45) is 0 Å². The Morgan fingerprint density at radius 2 is 1.86 bits per heavy atom. The van der Waals surface area contributed by atoms with Crippen LogP contribution in [0.25, 0.3) is 27.5 Å². The molecule has 0 amide bonds. The van der Waals surface area contributed by atoms with Gasteiger partial charge in [-0.3, -0.25) is 4.98 Å². The molecule has 36 heavy (non-hydrogen) atoms. The third kappa shape index (κ3) is 3.73. The number of benzene rings is 2. The number of ether oxygens (including phenoxy) is 1. The third-order valence-electron chi connectivity index (χ3n) is 6.58. The molecule has 0 aliphatic carbocycles. The van der Waals surface area contributed by atoms with Gasteiger partial charge in [0.15, 0.2) is 0 Å². The fourth-order valence-corrected chi connectivity index (χ4v) is 6.09. The Morgan fingerprint density at radius 1 is 1.00 bits per heavy atom. The van der Waals surface area contributed by atoms with Crippen molar-refractivity contribution in [3.05, 3.63) is 85.6 Å². The minimum Gasteiger partial charge on any atom is -0.508 e. The monoisotopic (exact) mass is 669 g/mol. The second kappa shape index (κ2) is 8.46. The molecule has 0 saturated heterocycles. The Bertz CT molecular complexity index is 1670. The van der Waals surface area contributed by atoms with Gasteiger partial charge >= 0.3 is 0 Å². The van der Waals surface area contributed by atoms with E-state index in [2.05, 4.69) is 89.3 Å². The van der Waals surface area contributed by atoms with Gasteiger partial charge in [-0.15, -0.1) is 23.9 Å². The molecule has 0 unspecified atom stereocenters. The fraction of sp³-hybridized carbons (Fsp3) is 0.179. The van der Waals surface area contributed by atoms with Gasteiger partial charge in [-0.25, -0.2) is 0 Å². The van der Waals surface area contributed by atoms with Crippen molar-refractivity contribution in [2.75, 3.05) is 11.4 Å². The van der Waals surface area contributed by atoms with Crippen molar-refractivity contribution in [3.63, 3.8) is 0 Å². The molecule has 8 heteroatoms. The Morgan fingerprint density at radius 3 is 2.72 bits per heavy atom. The zero-order valence-corrected chi connectivity index (χ0v) is 23.5. The van der Waals surface area contributed by atoms with Gasteiger partial charge in [-0.1, -0.05) is 49.3 Å². The molecule has 0 atom stereocenters. The van der Waals surface area contributed by atoms with Gasteiger partial charge in [0.1, 0.15) is 0 Å². The van der Waals surface area contributed by atoms with Crippen LogP contribution < -0.4 is 15.0 Å². The van der Waals surface area contributed by atoms with E-state index in [1.807, 2.05) is 24.4 Å². The molecule has 3 aromatic heterocycles. The van der Waals surface area contributed by atoms with E-state index >= 15 is 0 Å². The third-order valence-corrected chi connectivity index (χ3v) is 8.34. The van der Waals surface area contributed by atoms with E-state index in [4.69, 9.17) is 14.7 Å². The molecule has 0 saturated carbocycles. The van der Waals surface area contributed by atoms with Crippen molar-refractivity contribution in [1.29, 1.82) is 0 Å². The van der Waals surface area contributed by atoms with E-state index in [0.29, 0.717) is 11.5 Å². The quantitative estimate of drug-likeness (QED) is 0.139. The molecule has 0 spiro atoms. The number of para-hydroxylation sites is 1. The van der Waals surface area contributed by atoms with Crippen LogP contribution in [0.4, 0.5) is 5.69 Å². The number of aromatic nitrogens is 3. The van der Waals surface area contributed by atoms with Gasteiger partial charge in [0.2, 0.25) is 0 Å². The van der Waals surface area contributed by atoms with Crippen LogP contribution in [0.2, 0.25) is 19.6 Å². The number of fused-ring (bicyclic) bond motifs is 10. The second-order valence-electron chi connectivity index (χ2n) is 10.1. The van der Waals surface area contributed by atoms with Crippen molar-refractivity contribution >= 4 is 46.5 Å². The Kier molecular flexibility index (Phi) is 5.47. The molecule has 0 fully saturated rings. The first-order valence-corrected chi connectivity index (χ1v) is 15.4. The molecular formula is C28H24N5OPtSi-3. The van der Waals surface area contributed by atoms with Crippen molar-refractivity contribution in [1.82, 2.24) is 19.3 Å². The molecule has 2 aliphatic heterocycles. The average Bonchev–Trinajstić information content (AvgIpc) is 3.49. The number of pyridine rings is 2. The maximum atomic E-state index is 6.50. The Labute approximate surface area is 225 Å². The Hall–Kier alpha value is -3.15. The normalized spacial score (nSPS) is 15.1. The molecule has 5 aromatic rings. The molecule has 2 aromatic carbocycles. The average molecular weight is 670 g/mol. The summed E-state index contributed by atoms with van der Waals surface area (Å²) in [4.78, 5) is 14.6. The molecule has 2 aliphatic rings. The van der Waals surface area contributed by atoms with E-state index in [1.165, 1.54) is 0 Å². The minimum absolute atomic E-state index is 0. The van der Waals surface area contributed by atoms with E-state index in [9.17, 15) is 0 Å². The molecule has 0 N–H and O–H groups in total. The predicted molar refractivity (Wildman–Crippen MR) is 141 cm³/mol. The summed E-state index contributed by atoms with van der Waals surface area (Å²) in [5.41, 5.74) is 4.86. The van der Waals surface area contributed by atoms with E-state index in [1.54, 1.807) is 0 Å². The SMILES string of the molecule is C[Si](C)(C)c1nc2c3[c-]c1Oc1[c-]c(ccc1)N1C=CN([CH-]1)CCc1cn(c4ccccc24)c3n1.[Pt]. The fourth-order valence-electron chi connectivity index (χ4n) is 4.85. The summed E-state index contributed by atoms with van der Waals surface area (Å²) in [6, 6.07) is 21.4. The zero-order chi connectivity index (χ0) is 23.7. The van der Waals surface area contributed by atoms with E-state index in [0.717, 1.165) is 57.1 Å². The summed E-state index contributed by atoms with van der Waals surface area (Å²) < 4.78 is 8.68. The molecule has 184 valence electrons. The molecule has 6 nitrogen and oxygen atoms in total. The first-order chi connectivity index (χ1) is 16.9. The van der Waals surface area contributed by atoms with Gasteiger partial charge in [-0.2, -0.15) is 12.7 Å². The summed E-state index contributed by atoms with van der Waals surface area (Å²) in [5.74, 6) is 1.32. The predicted octanol–water partition coefficient (Wildman–Crippen LogP) is 5.24. The number of nitrogens with zero attached hydrogens (tertiary/aromatic N) is 5. The van der Waals surface area contributed by atoms with Crippen LogP contribution in [0.5, 0.6) is 11.5 Å².